The van der Waals surface area contributed by atoms with Gasteiger partial charge in [0.05, 0.1) is 12.5 Å². The SMILES string of the molecule is CCOC(=O)[C@@H]1CC[C@H](N)C1.Cl. The van der Waals surface area contributed by atoms with Gasteiger partial charge in [-0.1, -0.05) is 0 Å². The van der Waals surface area contributed by atoms with Crippen LogP contribution in [0.4, 0.5) is 0 Å². The Morgan fingerprint density at radius 1 is 1.58 bits per heavy atom. The average Bonchev–Trinajstić information content (AvgIpc) is 2.36. The maximum atomic E-state index is 11.1. The Morgan fingerprint density at radius 2 is 2.25 bits per heavy atom. The molecule has 12 heavy (non-hydrogen) atoms. The fourth-order valence-electron chi connectivity index (χ4n) is 1.49. The van der Waals surface area contributed by atoms with Gasteiger partial charge in [0, 0.05) is 6.04 Å². The molecule has 1 rings (SSSR count). The zero-order valence-corrected chi connectivity index (χ0v) is 8.10. The third-order valence-corrected chi connectivity index (χ3v) is 2.09. The summed E-state index contributed by atoms with van der Waals surface area (Å²) in [7, 11) is 0. The molecule has 1 saturated carbocycles. The lowest BCUT2D eigenvalue weighted by Crippen LogP contribution is -2.19. The number of rotatable bonds is 2. The first-order valence-corrected chi connectivity index (χ1v) is 4.16. The van der Waals surface area contributed by atoms with Crippen molar-refractivity contribution < 1.29 is 9.53 Å². The molecule has 0 saturated heterocycles. The number of esters is 1. The van der Waals surface area contributed by atoms with E-state index in [9.17, 15) is 4.79 Å². The summed E-state index contributed by atoms with van der Waals surface area (Å²) in [6.07, 6.45) is 2.67. The van der Waals surface area contributed by atoms with Crippen LogP contribution in [-0.2, 0) is 9.53 Å². The number of ether oxygens (including phenoxy) is 1. The highest BCUT2D eigenvalue weighted by Crippen LogP contribution is 2.24. The lowest BCUT2D eigenvalue weighted by atomic mass is 10.1. The molecule has 0 spiro atoms. The fraction of sp³-hybridized carbons (Fsp3) is 0.875. The second kappa shape index (κ2) is 5.38. The summed E-state index contributed by atoms with van der Waals surface area (Å²) in [4.78, 5) is 11.1. The van der Waals surface area contributed by atoms with Gasteiger partial charge in [-0.15, -0.1) is 12.4 Å². The third-order valence-electron chi connectivity index (χ3n) is 2.09. The molecule has 0 aliphatic heterocycles. The number of carbonyl (C=O) groups excluding carboxylic acids is 1. The van der Waals surface area contributed by atoms with E-state index in [4.69, 9.17) is 10.5 Å². The smallest absolute Gasteiger partial charge is 0.308 e. The first kappa shape index (κ1) is 11.7. The molecule has 0 unspecified atom stereocenters. The van der Waals surface area contributed by atoms with Gasteiger partial charge in [-0.3, -0.25) is 4.79 Å². The zero-order chi connectivity index (χ0) is 8.27. The molecule has 0 aromatic heterocycles. The average molecular weight is 194 g/mol. The first-order valence-electron chi connectivity index (χ1n) is 4.16. The normalized spacial score (nSPS) is 27.8. The van der Waals surface area contributed by atoms with Crippen molar-refractivity contribution in [3.05, 3.63) is 0 Å². The molecule has 2 atom stereocenters. The van der Waals surface area contributed by atoms with Crippen molar-refractivity contribution in [1.29, 1.82) is 0 Å². The van der Waals surface area contributed by atoms with Gasteiger partial charge in [0.15, 0.2) is 0 Å². The van der Waals surface area contributed by atoms with Crippen molar-refractivity contribution in [3.8, 4) is 0 Å². The van der Waals surface area contributed by atoms with E-state index in [-0.39, 0.29) is 30.3 Å². The summed E-state index contributed by atoms with van der Waals surface area (Å²) in [6, 6.07) is 0.212. The Labute approximate surface area is 79.1 Å². The minimum Gasteiger partial charge on any atom is -0.466 e. The topological polar surface area (TPSA) is 52.3 Å². The van der Waals surface area contributed by atoms with E-state index in [0.717, 1.165) is 19.3 Å². The van der Waals surface area contributed by atoms with Crippen LogP contribution in [0.2, 0.25) is 0 Å². The Kier molecular flexibility index (Phi) is 5.25. The maximum Gasteiger partial charge on any atom is 0.308 e. The molecule has 0 bridgehead atoms. The fourth-order valence-corrected chi connectivity index (χ4v) is 1.49. The summed E-state index contributed by atoms with van der Waals surface area (Å²) in [5, 5.41) is 0. The number of nitrogens with two attached hydrogens (primary N) is 1. The minimum atomic E-state index is -0.0690. The number of hydrogen-bond donors (Lipinski definition) is 1. The summed E-state index contributed by atoms with van der Waals surface area (Å²) < 4.78 is 4.88. The van der Waals surface area contributed by atoms with E-state index in [0.29, 0.717) is 6.61 Å². The molecule has 0 aromatic carbocycles. The van der Waals surface area contributed by atoms with E-state index >= 15 is 0 Å². The van der Waals surface area contributed by atoms with E-state index < -0.39 is 0 Å². The number of hydrogen-bond acceptors (Lipinski definition) is 3. The van der Waals surface area contributed by atoms with Crippen LogP contribution in [0.3, 0.4) is 0 Å². The third kappa shape index (κ3) is 2.99. The van der Waals surface area contributed by atoms with E-state index in [1.807, 2.05) is 6.92 Å². The molecule has 0 heterocycles. The molecule has 3 nitrogen and oxygen atoms in total. The van der Waals surface area contributed by atoms with Gasteiger partial charge in [-0.25, -0.2) is 0 Å². The van der Waals surface area contributed by atoms with Crippen molar-refractivity contribution in [2.75, 3.05) is 6.61 Å². The summed E-state index contributed by atoms with van der Waals surface area (Å²) >= 11 is 0. The predicted molar refractivity (Wildman–Crippen MR) is 49.2 cm³/mol. The van der Waals surface area contributed by atoms with Crippen LogP contribution in [0.15, 0.2) is 0 Å². The van der Waals surface area contributed by atoms with Crippen molar-refractivity contribution in [2.45, 2.75) is 32.2 Å². The Bertz CT molecular complexity index is 152. The van der Waals surface area contributed by atoms with Crippen LogP contribution in [0, 0.1) is 5.92 Å². The molecular weight excluding hydrogens is 178 g/mol. The van der Waals surface area contributed by atoms with Crippen LogP contribution < -0.4 is 5.73 Å². The highest BCUT2D eigenvalue weighted by atomic mass is 35.5. The summed E-state index contributed by atoms with van der Waals surface area (Å²) in [6.45, 7) is 2.30. The van der Waals surface area contributed by atoms with E-state index in [1.54, 1.807) is 0 Å². The second-order valence-corrected chi connectivity index (χ2v) is 3.02. The van der Waals surface area contributed by atoms with Gasteiger partial charge in [-0.05, 0) is 26.2 Å². The first-order chi connectivity index (χ1) is 5.24. The van der Waals surface area contributed by atoms with Crippen molar-refractivity contribution in [2.24, 2.45) is 11.7 Å². The lowest BCUT2D eigenvalue weighted by Gasteiger charge is -2.07. The van der Waals surface area contributed by atoms with E-state index in [2.05, 4.69) is 0 Å². The number of carbonyl (C=O) groups is 1. The van der Waals surface area contributed by atoms with Gasteiger partial charge in [0.1, 0.15) is 0 Å². The largest absolute Gasteiger partial charge is 0.466 e. The van der Waals surface area contributed by atoms with Crippen molar-refractivity contribution in [1.82, 2.24) is 0 Å². The number of halogens is 1. The summed E-state index contributed by atoms with van der Waals surface area (Å²) in [5.74, 6) is 0.00500. The molecule has 72 valence electrons. The van der Waals surface area contributed by atoms with Gasteiger partial charge in [0.2, 0.25) is 0 Å². The highest BCUT2D eigenvalue weighted by molar-refractivity contribution is 5.85. The van der Waals surface area contributed by atoms with Crippen LogP contribution >= 0.6 is 12.4 Å². The Balaban J connectivity index is 0.00000121. The summed E-state index contributed by atoms with van der Waals surface area (Å²) in [5.41, 5.74) is 5.65. The standard InChI is InChI=1S/C8H15NO2.ClH/c1-2-11-8(10)6-3-4-7(9)5-6;/h6-7H,2-5,9H2,1H3;1H/t6-,7+;/m1./s1. The van der Waals surface area contributed by atoms with Crippen molar-refractivity contribution in [3.63, 3.8) is 0 Å². The quantitative estimate of drug-likeness (QED) is 0.669. The Hall–Kier alpha value is -0.280. The minimum absolute atomic E-state index is 0. The molecule has 1 aliphatic rings. The van der Waals surface area contributed by atoms with Crippen LogP contribution in [0.25, 0.3) is 0 Å². The lowest BCUT2D eigenvalue weighted by molar-refractivity contribution is -0.147. The monoisotopic (exact) mass is 193 g/mol. The molecule has 0 aromatic rings. The molecule has 4 heteroatoms. The molecule has 1 fully saturated rings. The molecular formula is C8H16ClNO2. The van der Waals surface area contributed by atoms with Crippen LogP contribution in [0.5, 0.6) is 0 Å². The molecule has 0 amide bonds. The van der Waals surface area contributed by atoms with Crippen molar-refractivity contribution >= 4 is 18.4 Å². The maximum absolute atomic E-state index is 11.1. The van der Waals surface area contributed by atoms with E-state index in [1.165, 1.54) is 0 Å². The highest BCUT2D eigenvalue weighted by Gasteiger charge is 2.28. The Morgan fingerprint density at radius 3 is 2.67 bits per heavy atom. The molecule has 1 aliphatic carbocycles. The van der Waals surface area contributed by atoms with Gasteiger partial charge >= 0.3 is 5.97 Å². The van der Waals surface area contributed by atoms with Gasteiger partial charge in [-0.2, -0.15) is 0 Å². The molecule has 0 radical (unpaired) electrons. The van der Waals surface area contributed by atoms with Gasteiger partial charge in [0.25, 0.3) is 0 Å². The molecule has 2 N–H and O–H groups in total. The predicted octanol–water partition coefficient (Wildman–Crippen LogP) is 1.10. The van der Waals surface area contributed by atoms with Crippen LogP contribution in [0.1, 0.15) is 26.2 Å². The van der Waals surface area contributed by atoms with Crippen LogP contribution in [-0.4, -0.2) is 18.6 Å². The second-order valence-electron chi connectivity index (χ2n) is 3.02. The zero-order valence-electron chi connectivity index (χ0n) is 7.29. The van der Waals surface area contributed by atoms with Gasteiger partial charge < -0.3 is 10.5 Å².